The number of carboxylic acids is 1. The van der Waals surface area contributed by atoms with Crippen molar-refractivity contribution in [2.75, 3.05) is 0 Å². The van der Waals surface area contributed by atoms with Crippen molar-refractivity contribution in [3.63, 3.8) is 0 Å². The van der Waals surface area contributed by atoms with Gasteiger partial charge < -0.3 is 9.29 Å². The predicted octanol–water partition coefficient (Wildman–Crippen LogP) is 4.02. The molecule has 0 saturated heterocycles. The normalized spacial score (nSPS) is 37.5. The Labute approximate surface area is 167 Å². The predicted molar refractivity (Wildman–Crippen MR) is 95.8 cm³/mol. The van der Waals surface area contributed by atoms with Crippen LogP contribution in [0.4, 0.5) is 13.2 Å². The number of rotatable bonds is 5. The molecule has 0 spiro atoms. The van der Waals surface area contributed by atoms with Crippen molar-refractivity contribution in [3.8, 4) is 0 Å². The summed E-state index contributed by atoms with van der Waals surface area (Å²) in [6.07, 6.45) is 3.67. The Balaban J connectivity index is 1.85. The summed E-state index contributed by atoms with van der Waals surface area (Å²) in [7, 11) is -5.74. The van der Waals surface area contributed by atoms with Crippen LogP contribution in [0.5, 0.6) is 0 Å². The zero-order valence-corrected chi connectivity index (χ0v) is 17.1. The quantitative estimate of drug-likeness (QED) is 0.514. The minimum atomic E-state index is -5.74. The van der Waals surface area contributed by atoms with E-state index < -0.39 is 32.4 Å². The van der Waals surface area contributed by atoms with Crippen LogP contribution < -0.4 is 0 Å². The molecule has 0 unspecified atom stereocenters. The van der Waals surface area contributed by atoms with Gasteiger partial charge in [0.2, 0.25) is 0 Å². The molecule has 2 fully saturated rings. The van der Waals surface area contributed by atoms with Gasteiger partial charge in [-0.25, -0.2) is 0 Å². The Morgan fingerprint density at radius 3 is 2.52 bits per heavy atom. The van der Waals surface area contributed by atoms with Crippen LogP contribution in [0.1, 0.15) is 58.8 Å². The maximum atomic E-state index is 12.8. The molecule has 0 aromatic rings. The van der Waals surface area contributed by atoms with Crippen LogP contribution in [0, 0.1) is 28.6 Å². The lowest BCUT2D eigenvalue weighted by Crippen LogP contribution is -2.52. The van der Waals surface area contributed by atoms with E-state index in [1.807, 2.05) is 0 Å². The minimum Gasteiger partial charge on any atom is -0.481 e. The van der Waals surface area contributed by atoms with E-state index in [4.69, 9.17) is 5.11 Å². The molecule has 1 N–H and O–H groups in total. The van der Waals surface area contributed by atoms with Crippen molar-refractivity contribution in [2.45, 2.75) is 64.3 Å². The number of alkyl halides is 3. The number of hydrogen-bond donors (Lipinski definition) is 1. The van der Waals surface area contributed by atoms with Gasteiger partial charge in [0.05, 0.1) is 0 Å². The maximum Gasteiger partial charge on any atom is 0.534 e. The van der Waals surface area contributed by atoms with Crippen molar-refractivity contribution in [1.29, 1.82) is 0 Å². The molecule has 3 rings (SSSR count). The summed E-state index contributed by atoms with van der Waals surface area (Å²) >= 11 is 0. The fourth-order valence-corrected chi connectivity index (χ4v) is 6.37. The summed E-state index contributed by atoms with van der Waals surface area (Å²) in [5.74, 6) is -1.33. The van der Waals surface area contributed by atoms with E-state index in [0.717, 1.165) is 0 Å². The standard InChI is InChI=1S/C19H25F3O6S/c1-17(10-8-16(24)25)13-7-9-18(2)12(11(13)3-5-14(17)23)4-6-15(18)28-29(26,27)19(20,21)22/h6,11-13H,3-5,7-10H2,1-2H3,(H,24,25)/t11-,12-,13-,17+,18-/m0/s1. The zero-order chi connectivity index (χ0) is 21.8. The van der Waals surface area contributed by atoms with Gasteiger partial charge in [-0.2, -0.15) is 21.6 Å². The van der Waals surface area contributed by atoms with Gasteiger partial charge in [0.15, 0.2) is 0 Å². The van der Waals surface area contributed by atoms with E-state index in [1.165, 1.54) is 6.08 Å². The molecule has 3 aliphatic carbocycles. The number of carboxylic acid groups (broad SMARTS) is 1. The van der Waals surface area contributed by atoms with Gasteiger partial charge in [0, 0.05) is 23.7 Å². The number of hydrogen-bond acceptors (Lipinski definition) is 5. The van der Waals surface area contributed by atoms with Gasteiger partial charge in [-0.1, -0.05) is 13.8 Å². The minimum absolute atomic E-state index is 0.00353. The smallest absolute Gasteiger partial charge is 0.481 e. The first-order chi connectivity index (χ1) is 13.2. The van der Waals surface area contributed by atoms with Crippen molar-refractivity contribution in [1.82, 2.24) is 0 Å². The third kappa shape index (κ3) is 3.57. The third-order valence-corrected chi connectivity index (χ3v) is 8.41. The van der Waals surface area contributed by atoms with E-state index in [0.29, 0.717) is 32.1 Å². The van der Waals surface area contributed by atoms with Crippen LogP contribution in [0.25, 0.3) is 0 Å². The number of carbonyl (C=O) groups excluding carboxylic acids is 1. The van der Waals surface area contributed by atoms with Gasteiger partial charge >= 0.3 is 21.6 Å². The summed E-state index contributed by atoms with van der Waals surface area (Å²) < 4.78 is 65.9. The lowest BCUT2D eigenvalue weighted by Gasteiger charge is -2.54. The zero-order valence-electron chi connectivity index (χ0n) is 16.3. The molecule has 0 aromatic carbocycles. The molecule has 6 nitrogen and oxygen atoms in total. The van der Waals surface area contributed by atoms with Crippen LogP contribution in [-0.2, 0) is 23.9 Å². The molecule has 5 atom stereocenters. The summed E-state index contributed by atoms with van der Waals surface area (Å²) in [5, 5.41) is 9.06. The highest BCUT2D eigenvalue weighted by Gasteiger charge is 2.60. The van der Waals surface area contributed by atoms with Crippen LogP contribution in [-0.4, -0.2) is 30.8 Å². The first-order valence-corrected chi connectivity index (χ1v) is 11.1. The Hall–Kier alpha value is -1.58. The Bertz CT molecular complexity index is 848. The lowest BCUT2D eigenvalue weighted by molar-refractivity contribution is -0.147. The Kier molecular flexibility index (Phi) is 5.33. The summed E-state index contributed by atoms with van der Waals surface area (Å²) in [6.45, 7) is 3.52. The second kappa shape index (κ2) is 6.99. The highest BCUT2D eigenvalue weighted by Crippen LogP contribution is 2.63. The topological polar surface area (TPSA) is 97.7 Å². The summed E-state index contributed by atoms with van der Waals surface area (Å²) in [6, 6.07) is 0. The van der Waals surface area contributed by atoms with Crippen LogP contribution in [0.15, 0.2) is 11.8 Å². The Morgan fingerprint density at radius 2 is 1.93 bits per heavy atom. The molecule has 0 radical (unpaired) electrons. The average molecular weight is 438 g/mol. The van der Waals surface area contributed by atoms with E-state index in [-0.39, 0.29) is 42.1 Å². The van der Waals surface area contributed by atoms with E-state index in [1.54, 1.807) is 13.8 Å². The van der Waals surface area contributed by atoms with Crippen LogP contribution in [0.2, 0.25) is 0 Å². The first kappa shape index (κ1) is 22.1. The number of ketones is 1. The fourth-order valence-electron chi connectivity index (χ4n) is 5.79. The number of carbonyl (C=O) groups is 2. The molecular formula is C19H25F3O6S. The van der Waals surface area contributed by atoms with Gasteiger partial charge in [-0.3, -0.25) is 9.59 Å². The number of aliphatic carboxylic acids is 1. The molecule has 0 bridgehead atoms. The molecule has 164 valence electrons. The highest BCUT2D eigenvalue weighted by molar-refractivity contribution is 7.87. The van der Waals surface area contributed by atoms with Gasteiger partial charge in [-0.15, -0.1) is 0 Å². The van der Waals surface area contributed by atoms with E-state index in [9.17, 15) is 31.2 Å². The highest BCUT2D eigenvalue weighted by atomic mass is 32.2. The van der Waals surface area contributed by atoms with Crippen LogP contribution >= 0.6 is 0 Å². The van der Waals surface area contributed by atoms with Crippen molar-refractivity contribution in [3.05, 3.63) is 11.8 Å². The Morgan fingerprint density at radius 1 is 1.28 bits per heavy atom. The van der Waals surface area contributed by atoms with Crippen molar-refractivity contribution in [2.24, 2.45) is 28.6 Å². The summed E-state index contributed by atoms with van der Waals surface area (Å²) in [4.78, 5) is 23.7. The second-order valence-electron chi connectivity index (χ2n) is 8.89. The molecule has 0 aromatic heterocycles. The lowest BCUT2D eigenvalue weighted by atomic mass is 9.49. The molecule has 0 aliphatic heterocycles. The fraction of sp³-hybridized carbons (Fsp3) is 0.789. The third-order valence-electron chi connectivity index (χ3n) is 7.45. The second-order valence-corrected chi connectivity index (χ2v) is 10.4. The van der Waals surface area contributed by atoms with Crippen molar-refractivity contribution >= 4 is 21.9 Å². The number of Topliss-reactive ketones (excluding diaryl/α,β-unsaturated/α-hetero) is 1. The molecule has 0 heterocycles. The van der Waals surface area contributed by atoms with E-state index >= 15 is 0 Å². The molecule has 0 amide bonds. The van der Waals surface area contributed by atoms with Gasteiger partial charge in [0.1, 0.15) is 11.5 Å². The van der Waals surface area contributed by atoms with Gasteiger partial charge in [-0.05, 0) is 55.9 Å². The first-order valence-electron chi connectivity index (χ1n) is 9.69. The average Bonchev–Trinajstić information content (AvgIpc) is 2.92. The van der Waals surface area contributed by atoms with Gasteiger partial charge in [0.25, 0.3) is 0 Å². The molecule has 2 saturated carbocycles. The molecular weight excluding hydrogens is 413 g/mol. The summed E-state index contributed by atoms with van der Waals surface area (Å²) in [5.41, 5.74) is -7.13. The largest absolute Gasteiger partial charge is 0.534 e. The monoisotopic (exact) mass is 438 g/mol. The number of halogens is 3. The van der Waals surface area contributed by atoms with E-state index in [2.05, 4.69) is 4.18 Å². The molecule has 29 heavy (non-hydrogen) atoms. The molecule has 3 aliphatic rings. The van der Waals surface area contributed by atoms with Crippen molar-refractivity contribution < 1.29 is 40.5 Å². The number of allylic oxidation sites excluding steroid dienone is 2. The van der Waals surface area contributed by atoms with Crippen LogP contribution in [0.3, 0.4) is 0 Å². The SMILES string of the molecule is C[C@]1(CCC(=O)O)C(=O)CC[C@@H]2[C@@H]1CC[C@]1(C)C(OS(=O)(=O)C(F)(F)F)=CC[C@@H]21. The number of fused-ring (bicyclic) bond motifs is 3. The maximum absolute atomic E-state index is 12.8. The molecule has 10 heteroatoms.